The van der Waals surface area contributed by atoms with E-state index in [0.717, 1.165) is 0 Å². The molecule has 1 rings (SSSR count). The summed E-state index contributed by atoms with van der Waals surface area (Å²) in [5, 5.41) is 11.4. The summed E-state index contributed by atoms with van der Waals surface area (Å²) < 4.78 is 5.03. The summed E-state index contributed by atoms with van der Waals surface area (Å²) in [6, 6.07) is 6.89. The van der Waals surface area contributed by atoms with Crippen molar-refractivity contribution in [2.24, 2.45) is 4.99 Å². The summed E-state index contributed by atoms with van der Waals surface area (Å²) in [6.07, 6.45) is 3.41. The molecule has 0 saturated heterocycles. The fraction of sp³-hybridized carbons (Fsp3) is 0.214. The van der Waals surface area contributed by atoms with Crippen molar-refractivity contribution >= 4 is 22.7 Å². The number of nitrogens with zero attached hydrogens (tertiary/aromatic N) is 2. The van der Waals surface area contributed by atoms with Gasteiger partial charge in [0.2, 0.25) is 0 Å². The van der Waals surface area contributed by atoms with Gasteiger partial charge in [-0.05, 0) is 24.3 Å². The second kappa shape index (κ2) is 8.77. The molecule has 6 heteroatoms. The number of carbonyl (C=O) groups excluding carboxylic acids is 1. The zero-order valence-electron chi connectivity index (χ0n) is 11.1. The van der Waals surface area contributed by atoms with E-state index < -0.39 is 0 Å². The number of ether oxygens (including phenoxy) is 1. The van der Waals surface area contributed by atoms with Crippen LogP contribution in [0.2, 0.25) is 0 Å². The van der Waals surface area contributed by atoms with Crippen molar-refractivity contribution in [3.8, 4) is 11.9 Å². The van der Waals surface area contributed by atoms with E-state index in [1.54, 1.807) is 43.6 Å². The summed E-state index contributed by atoms with van der Waals surface area (Å²) >= 11 is 1.19. The van der Waals surface area contributed by atoms with Crippen LogP contribution in [0.15, 0.2) is 41.9 Å². The van der Waals surface area contributed by atoms with Gasteiger partial charge in [-0.25, -0.2) is 0 Å². The number of Topliss-reactive ketones (excluding diaryl/α,β-unsaturated/α-hetero) is 1. The van der Waals surface area contributed by atoms with Gasteiger partial charge in [-0.2, -0.15) is 5.26 Å². The second-order valence-electron chi connectivity index (χ2n) is 3.61. The zero-order chi connectivity index (χ0) is 14.8. The van der Waals surface area contributed by atoms with Crippen molar-refractivity contribution in [2.75, 3.05) is 19.4 Å². The minimum absolute atomic E-state index is 0.0382. The van der Waals surface area contributed by atoms with Crippen LogP contribution in [0.4, 0.5) is 0 Å². The van der Waals surface area contributed by atoms with E-state index >= 15 is 0 Å². The molecule has 0 fully saturated rings. The number of hydrogen-bond donors (Lipinski definition) is 1. The molecular weight excluding hydrogens is 274 g/mol. The van der Waals surface area contributed by atoms with Crippen LogP contribution >= 0.6 is 11.8 Å². The Morgan fingerprint density at radius 2 is 2.25 bits per heavy atom. The first-order valence-corrected chi connectivity index (χ1v) is 6.80. The highest BCUT2D eigenvalue weighted by Gasteiger charge is 2.08. The fourth-order valence-corrected chi connectivity index (χ4v) is 2.03. The molecule has 0 amide bonds. The molecule has 5 nitrogen and oxygen atoms in total. The molecule has 0 radical (unpaired) electrons. The van der Waals surface area contributed by atoms with Crippen molar-refractivity contribution in [2.45, 2.75) is 0 Å². The van der Waals surface area contributed by atoms with E-state index in [1.807, 2.05) is 0 Å². The van der Waals surface area contributed by atoms with Crippen LogP contribution in [0.1, 0.15) is 10.4 Å². The molecular formula is C14H15N3O2S. The number of carbonyl (C=O) groups is 1. The van der Waals surface area contributed by atoms with E-state index in [9.17, 15) is 4.79 Å². The molecule has 0 aliphatic carbocycles. The van der Waals surface area contributed by atoms with E-state index in [0.29, 0.717) is 23.0 Å². The predicted octanol–water partition coefficient (Wildman–Crippen LogP) is 2.22. The van der Waals surface area contributed by atoms with E-state index in [-0.39, 0.29) is 11.5 Å². The number of methoxy groups -OCH3 is 1. The van der Waals surface area contributed by atoms with Gasteiger partial charge in [0.15, 0.2) is 17.1 Å². The number of rotatable bonds is 6. The third kappa shape index (κ3) is 5.16. The summed E-state index contributed by atoms with van der Waals surface area (Å²) in [5.74, 6) is 0.869. The minimum atomic E-state index is -0.0382. The molecule has 0 unspecified atom stereocenters. The maximum Gasteiger partial charge on any atom is 0.183 e. The Labute approximate surface area is 122 Å². The van der Waals surface area contributed by atoms with Gasteiger partial charge in [0.1, 0.15) is 5.75 Å². The van der Waals surface area contributed by atoms with Crippen molar-refractivity contribution in [1.82, 2.24) is 5.32 Å². The molecule has 1 aromatic rings. The third-order valence-corrected chi connectivity index (χ3v) is 3.19. The average Bonchev–Trinajstić information content (AvgIpc) is 2.49. The Bertz CT molecular complexity index is 532. The van der Waals surface area contributed by atoms with Crippen LogP contribution in [-0.4, -0.2) is 30.4 Å². The van der Waals surface area contributed by atoms with Crippen LogP contribution in [0.5, 0.6) is 5.75 Å². The van der Waals surface area contributed by atoms with Crippen LogP contribution in [0.25, 0.3) is 0 Å². The highest BCUT2D eigenvalue weighted by molar-refractivity contribution is 8.14. The smallest absolute Gasteiger partial charge is 0.183 e. The number of amidine groups is 1. The average molecular weight is 289 g/mol. The van der Waals surface area contributed by atoms with Gasteiger partial charge >= 0.3 is 0 Å². The van der Waals surface area contributed by atoms with Crippen LogP contribution in [0, 0.1) is 11.5 Å². The van der Waals surface area contributed by atoms with E-state index in [2.05, 4.69) is 16.9 Å². The number of ketones is 1. The lowest BCUT2D eigenvalue weighted by molar-refractivity contribution is 0.102. The Balaban J connectivity index is 2.60. The lowest BCUT2D eigenvalue weighted by Gasteiger charge is -2.04. The maximum absolute atomic E-state index is 12.0. The van der Waals surface area contributed by atoms with E-state index in [4.69, 9.17) is 10.00 Å². The Morgan fingerprint density at radius 1 is 1.55 bits per heavy atom. The van der Waals surface area contributed by atoms with Crippen molar-refractivity contribution in [3.05, 3.63) is 42.5 Å². The first-order valence-electron chi connectivity index (χ1n) is 5.81. The molecule has 0 aliphatic heterocycles. The fourth-order valence-electron chi connectivity index (χ4n) is 1.31. The predicted molar refractivity (Wildman–Crippen MR) is 81.0 cm³/mol. The number of nitriles is 1. The number of thioether (sulfide) groups is 1. The monoisotopic (exact) mass is 289 g/mol. The highest BCUT2D eigenvalue weighted by Crippen LogP contribution is 2.14. The molecule has 0 atom stereocenters. The summed E-state index contributed by atoms with van der Waals surface area (Å²) in [6.45, 7) is 3.94. The molecule has 0 spiro atoms. The molecule has 20 heavy (non-hydrogen) atoms. The number of benzene rings is 1. The zero-order valence-corrected chi connectivity index (χ0v) is 11.9. The summed E-state index contributed by atoms with van der Waals surface area (Å²) in [5.41, 5.74) is 0.596. The summed E-state index contributed by atoms with van der Waals surface area (Å²) in [4.78, 5) is 16.1. The topological polar surface area (TPSA) is 74.5 Å². The van der Waals surface area contributed by atoms with Gasteiger partial charge in [-0.3, -0.25) is 15.1 Å². The molecule has 1 N–H and O–H groups in total. The van der Waals surface area contributed by atoms with Gasteiger partial charge in [0.05, 0.1) is 19.4 Å². The van der Waals surface area contributed by atoms with Gasteiger partial charge < -0.3 is 4.74 Å². The quantitative estimate of drug-likeness (QED) is 0.217. The second-order valence-corrected chi connectivity index (χ2v) is 4.58. The lowest BCUT2D eigenvalue weighted by atomic mass is 10.1. The van der Waals surface area contributed by atoms with Crippen molar-refractivity contribution < 1.29 is 9.53 Å². The van der Waals surface area contributed by atoms with Gasteiger partial charge in [-0.1, -0.05) is 17.8 Å². The molecule has 0 aliphatic rings. The number of nitrogens with one attached hydrogen (secondary N) is 1. The Morgan fingerprint density at radius 3 is 2.80 bits per heavy atom. The third-order valence-electron chi connectivity index (χ3n) is 2.28. The lowest BCUT2D eigenvalue weighted by Crippen LogP contribution is -2.17. The highest BCUT2D eigenvalue weighted by atomic mass is 32.2. The van der Waals surface area contributed by atoms with Crippen LogP contribution < -0.4 is 10.1 Å². The maximum atomic E-state index is 12.0. The number of hydrogen-bond acceptors (Lipinski definition) is 5. The van der Waals surface area contributed by atoms with Gasteiger partial charge in [0.25, 0.3) is 0 Å². The summed E-state index contributed by atoms with van der Waals surface area (Å²) in [7, 11) is 1.57. The normalized spacial score (nSPS) is 10.5. The van der Waals surface area contributed by atoms with Crippen molar-refractivity contribution in [3.63, 3.8) is 0 Å². The number of aliphatic imine (C=N–C) groups is 1. The van der Waals surface area contributed by atoms with Crippen molar-refractivity contribution in [1.29, 1.82) is 5.26 Å². The minimum Gasteiger partial charge on any atom is -0.497 e. The standard InChI is InChI=1S/C14H15N3O2S/c1-3-8-16-14(17-10-15)20-9-13(18)11-4-6-12(19-2)7-5-11/h3-7H,1,8-9H2,2H3,(H,16,17). The van der Waals surface area contributed by atoms with Crippen LogP contribution in [0.3, 0.4) is 0 Å². The van der Waals surface area contributed by atoms with Gasteiger partial charge in [0, 0.05) is 5.56 Å². The molecule has 0 aromatic heterocycles. The molecule has 104 valence electrons. The SMILES string of the molecule is C=CCN=C(NC#N)SCC(=O)c1ccc(OC)cc1. The van der Waals surface area contributed by atoms with Gasteiger partial charge in [-0.15, -0.1) is 6.58 Å². The first kappa shape index (κ1) is 15.8. The Hall–Kier alpha value is -2.26. The van der Waals surface area contributed by atoms with Crippen LogP contribution in [-0.2, 0) is 0 Å². The molecule has 1 aromatic carbocycles. The molecule has 0 saturated carbocycles. The first-order chi connectivity index (χ1) is 9.71. The Kier molecular flexibility index (Phi) is 6.93. The van der Waals surface area contributed by atoms with E-state index in [1.165, 1.54) is 11.8 Å². The molecule has 0 heterocycles. The largest absolute Gasteiger partial charge is 0.497 e. The molecule has 0 bridgehead atoms.